The Labute approximate surface area is 174 Å². The van der Waals surface area contributed by atoms with E-state index >= 15 is 0 Å². The molecule has 9 nitrogen and oxygen atoms in total. The number of hydrogen-bond acceptors (Lipinski definition) is 8. The summed E-state index contributed by atoms with van der Waals surface area (Å²) < 4.78 is 9.31. The predicted molar refractivity (Wildman–Crippen MR) is 112 cm³/mol. The summed E-state index contributed by atoms with van der Waals surface area (Å²) in [4.78, 5) is 42.7. The van der Waals surface area contributed by atoms with Gasteiger partial charge in [-0.3, -0.25) is 4.79 Å². The number of amides is 1. The Morgan fingerprint density at radius 2 is 1.53 bits per heavy atom. The number of methoxy groups -OCH3 is 2. The van der Waals surface area contributed by atoms with Crippen LogP contribution in [0.25, 0.3) is 0 Å². The normalized spacial score (nSPS) is 10.4. The minimum Gasteiger partial charge on any atom is -0.465 e. The molecule has 0 atom stereocenters. The number of esters is 2. The van der Waals surface area contributed by atoms with Crippen LogP contribution in [0.15, 0.2) is 47.6 Å². The summed E-state index contributed by atoms with van der Waals surface area (Å²) in [5.41, 5.74) is 2.27. The van der Waals surface area contributed by atoms with E-state index in [1.807, 2.05) is 43.3 Å². The highest BCUT2D eigenvalue weighted by molar-refractivity contribution is 5.99. The van der Waals surface area contributed by atoms with Crippen LogP contribution in [0.1, 0.15) is 26.3 Å². The van der Waals surface area contributed by atoms with E-state index < -0.39 is 17.8 Å². The van der Waals surface area contributed by atoms with Crippen molar-refractivity contribution in [1.82, 2.24) is 0 Å². The Hall–Kier alpha value is -3.88. The number of nitrogens with one attached hydrogen (secondary N) is 1. The van der Waals surface area contributed by atoms with Gasteiger partial charge in [0.1, 0.15) is 0 Å². The molecular formula is C21H23N3O6. The van der Waals surface area contributed by atoms with Crippen molar-refractivity contribution in [3.05, 3.63) is 59.2 Å². The Kier molecular flexibility index (Phi) is 7.92. The van der Waals surface area contributed by atoms with Gasteiger partial charge in [-0.15, -0.1) is 0 Å². The number of carbonyl (C=O) groups excluding carboxylic acids is 3. The molecule has 2 aromatic rings. The first-order chi connectivity index (χ1) is 14.3. The molecule has 158 valence electrons. The van der Waals surface area contributed by atoms with Crippen LogP contribution in [0.3, 0.4) is 0 Å². The quantitative estimate of drug-likeness (QED) is 0.402. The number of carbonyl (C=O) groups is 3. The third-order valence-corrected chi connectivity index (χ3v) is 3.94. The zero-order valence-electron chi connectivity index (χ0n) is 17.2. The molecule has 0 aromatic heterocycles. The second kappa shape index (κ2) is 10.6. The third kappa shape index (κ3) is 6.33. The van der Waals surface area contributed by atoms with Crippen LogP contribution in [0, 0.1) is 0 Å². The molecule has 0 aliphatic rings. The van der Waals surface area contributed by atoms with Gasteiger partial charge in [-0.2, -0.15) is 0 Å². The van der Waals surface area contributed by atoms with Gasteiger partial charge in [0.15, 0.2) is 6.61 Å². The van der Waals surface area contributed by atoms with Crippen molar-refractivity contribution in [2.45, 2.75) is 0 Å². The molecule has 1 amide bonds. The molecule has 2 rings (SSSR count). The molecule has 0 aliphatic carbocycles. The van der Waals surface area contributed by atoms with E-state index in [0.29, 0.717) is 0 Å². The molecule has 9 heteroatoms. The van der Waals surface area contributed by atoms with Crippen LogP contribution < -0.4 is 10.2 Å². The molecule has 0 radical (unpaired) electrons. The summed E-state index contributed by atoms with van der Waals surface area (Å²) in [6.07, 6.45) is 1.49. The molecule has 0 unspecified atom stereocenters. The number of benzene rings is 2. The number of ether oxygens (including phenoxy) is 2. The van der Waals surface area contributed by atoms with Crippen molar-refractivity contribution in [1.29, 1.82) is 0 Å². The van der Waals surface area contributed by atoms with E-state index in [4.69, 9.17) is 4.84 Å². The number of rotatable bonds is 8. The van der Waals surface area contributed by atoms with Crippen LogP contribution in [0.4, 0.5) is 11.4 Å². The summed E-state index contributed by atoms with van der Waals surface area (Å²) >= 11 is 0. The zero-order valence-corrected chi connectivity index (χ0v) is 17.2. The molecule has 0 saturated heterocycles. The largest absolute Gasteiger partial charge is 0.465 e. The number of oxime groups is 1. The van der Waals surface area contributed by atoms with Crippen molar-refractivity contribution in [3.63, 3.8) is 0 Å². The second-order valence-electron chi connectivity index (χ2n) is 6.32. The maximum Gasteiger partial charge on any atom is 0.337 e. The Morgan fingerprint density at radius 1 is 0.967 bits per heavy atom. The van der Waals surface area contributed by atoms with E-state index in [-0.39, 0.29) is 23.4 Å². The van der Waals surface area contributed by atoms with E-state index in [9.17, 15) is 14.4 Å². The molecule has 0 heterocycles. The first-order valence-corrected chi connectivity index (χ1v) is 8.88. The van der Waals surface area contributed by atoms with Crippen LogP contribution in [0.5, 0.6) is 0 Å². The summed E-state index contributed by atoms with van der Waals surface area (Å²) in [7, 11) is 6.32. The summed E-state index contributed by atoms with van der Waals surface area (Å²) in [6, 6.07) is 11.7. The average molecular weight is 413 g/mol. The highest BCUT2D eigenvalue weighted by Gasteiger charge is 2.15. The van der Waals surface area contributed by atoms with Crippen LogP contribution in [-0.4, -0.2) is 59.0 Å². The minimum absolute atomic E-state index is 0.0933. The molecular weight excluding hydrogens is 390 g/mol. The fourth-order valence-electron chi connectivity index (χ4n) is 2.42. The standard InChI is InChI=1S/C21H23N3O6/c1-24(2)18-7-5-14(6-8-18)12-22-30-13-19(25)23-17-10-15(20(26)28-3)9-16(11-17)21(27)29-4/h5-12H,13H2,1-4H3,(H,23,25)/b22-12+. The molecule has 1 N–H and O–H groups in total. The third-order valence-electron chi connectivity index (χ3n) is 3.94. The first kappa shape index (κ1) is 22.4. The van der Waals surface area contributed by atoms with Crippen molar-refractivity contribution >= 4 is 35.4 Å². The second-order valence-corrected chi connectivity index (χ2v) is 6.32. The highest BCUT2D eigenvalue weighted by Crippen LogP contribution is 2.17. The van der Waals surface area contributed by atoms with Crippen molar-refractivity contribution < 1.29 is 28.7 Å². The Bertz CT molecular complexity index is 904. The van der Waals surface area contributed by atoms with E-state index in [1.54, 1.807) is 0 Å². The van der Waals surface area contributed by atoms with Crippen molar-refractivity contribution in [2.24, 2.45) is 5.16 Å². The lowest BCUT2D eigenvalue weighted by Crippen LogP contribution is -2.18. The van der Waals surface area contributed by atoms with Gasteiger partial charge in [0.25, 0.3) is 5.91 Å². The van der Waals surface area contributed by atoms with Crippen LogP contribution >= 0.6 is 0 Å². The van der Waals surface area contributed by atoms with Gasteiger partial charge in [-0.25, -0.2) is 9.59 Å². The van der Waals surface area contributed by atoms with Gasteiger partial charge >= 0.3 is 11.9 Å². The minimum atomic E-state index is -0.655. The molecule has 0 saturated carbocycles. The van der Waals surface area contributed by atoms with E-state index in [2.05, 4.69) is 19.9 Å². The molecule has 0 spiro atoms. The molecule has 0 fully saturated rings. The summed E-state index contributed by atoms with van der Waals surface area (Å²) in [5.74, 6) is -1.83. The summed E-state index contributed by atoms with van der Waals surface area (Å²) in [5, 5.41) is 6.31. The fourth-order valence-corrected chi connectivity index (χ4v) is 2.42. The average Bonchev–Trinajstić information content (AvgIpc) is 2.75. The van der Waals surface area contributed by atoms with Gasteiger partial charge in [0.2, 0.25) is 0 Å². The molecule has 0 bridgehead atoms. The lowest BCUT2D eigenvalue weighted by atomic mass is 10.1. The monoisotopic (exact) mass is 413 g/mol. The molecule has 0 aliphatic heterocycles. The maximum atomic E-state index is 12.1. The number of hydrogen-bond donors (Lipinski definition) is 1. The predicted octanol–water partition coefficient (Wildman–Crippen LogP) is 2.32. The van der Waals surface area contributed by atoms with Gasteiger partial charge < -0.3 is 24.5 Å². The van der Waals surface area contributed by atoms with E-state index in [0.717, 1.165) is 11.3 Å². The number of anilines is 2. The lowest BCUT2D eigenvalue weighted by Gasteiger charge is -2.11. The maximum absolute atomic E-state index is 12.1. The topological polar surface area (TPSA) is 107 Å². The number of nitrogens with zero attached hydrogens (tertiary/aromatic N) is 2. The van der Waals surface area contributed by atoms with Crippen LogP contribution in [0.2, 0.25) is 0 Å². The van der Waals surface area contributed by atoms with Gasteiger partial charge in [-0.1, -0.05) is 17.3 Å². The van der Waals surface area contributed by atoms with Crippen molar-refractivity contribution in [2.75, 3.05) is 45.1 Å². The van der Waals surface area contributed by atoms with Gasteiger partial charge in [0.05, 0.1) is 31.6 Å². The first-order valence-electron chi connectivity index (χ1n) is 8.88. The van der Waals surface area contributed by atoms with Gasteiger partial charge in [-0.05, 0) is 35.9 Å². The van der Waals surface area contributed by atoms with E-state index in [1.165, 1.54) is 38.6 Å². The zero-order chi connectivity index (χ0) is 22.1. The van der Waals surface area contributed by atoms with Crippen molar-refractivity contribution in [3.8, 4) is 0 Å². The van der Waals surface area contributed by atoms with Crippen LogP contribution in [-0.2, 0) is 19.1 Å². The Balaban J connectivity index is 1.98. The molecule has 30 heavy (non-hydrogen) atoms. The summed E-state index contributed by atoms with van der Waals surface area (Å²) in [6.45, 7) is -0.359. The lowest BCUT2D eigenvalue weighted by molar-refractivity contribution is -0.120. The Morgan fingerprint density at radius 3 is 2.03 bits per heavy atom. The fraction of sp³-hybridized carbons (Fsp3) is 0.238. The molecule has 2 aromatic carbocycles. The smallest absolute Gasteiger partial charge is 0.337 e. The SMILES string of the molecule is COC(=O)c1cc(NC(=O)CO/N=C/c2ccc(N(C)C)cc2)cc(C(=O)OC)c1. The highest BCUT2D eigenvalue weighted by atomic mass is 16.6. The van der Waals surface area contributed by atoms with Gasteiger partial charge in [0, 0.05) is 25.5 Å².